The van der Waals surface area contributed by atoms with Gasteiger partial charge in [0.05, 0.1) is 6.54 Å². The van der Waals surface area contributed by atoms with Gasteiger partial charge in [0.1, 0.15) is 5.82 Å². The minimum absolute atomic E-state index is 0.266. The fourth-order valence-electron chi connectivity index (χ4n) is 0.944. The normalized spacial score (nSPS) is 8.29. The molecule has 76 valence electrons. The Morgan fingerprint density at radius 1 is 1.43 bits per heavy atom. The van der Waals surface area contributed by atoms with E-state index in [9.17, 15) is 4.39 Å². The zero-order valence-corrected chi connectivity index (χ0v) is 7.41. The molecule has 0 heterocycles. The lowest BCUT2D eigenvalue weighted by Crippen LogP contribution is -1.87. The fourth-order valence-corrected chi connectivity index (χ4v) is 0.944. The van der Waals surface area contributed by atoms with E-state index in [0.717, 1.165) is 11.1 Å². The van der Waals surface area contributed by atoms with E-state index in [0.29, 0.717) is 0 Å². The van der Waals surface area contributed by atoms with E-state index in [2.05, 4.69) is 10.0 Å². The van der Waals surface area contributed by atoms with Crippen molar-refractivity contribution in [2.75, 3.05) is 0 Å². The van der Waals surface area contributed by atoms with Crippen LogP contribution < -0.4 is 0 Å². The lowest BCUT2D eigenvalue weighted by molar-refractivity contribution is 0.108. The van der Waals surface area contributed by atoms with Crippen LogP contribution in [0, 0.1) is 12.7 Å². The first-order chi connectivity index (χ1) is 6.74. The number of benzene rings is 1. The molecular weight excluding hydrogens is 195 g/mol. The van der Waals surface area contributed by atoms with Crippen LogP contribution in [-0.4, -0.2) is 0 Å². The van der Waals surface area contributed by atoms with E-state index in [1.807, 2.05) is 0 Å². The van der Waals surface area contributed by atoms with Gasteiger partial charge in [0, 0.05) is 14.1 Å². The predicted octanol–water partition coefficient (Wildman–Crippen LogP) is 3.78. The highest BCUT2D eigenvalue weighted by molar-refractivity contribution is 5.26. The quantitative estimate of drug-likeness (QED) is 0.399. The first-order valence-corrected chi connectivity index (χ1v) is 3.64. The lowest BCUT2D eigenvalue weighted by atomic mass is 10.1. The number of halogens is 3. The van der Waals surface area contributed by atoms with Crippen LogP contribution in [0.1, 0.15) is 11.1 Å². The fraction of sp³-hybridized carbons (Fsp3) is 0.250. The summed E-state index contributed by atoms with van der Waals surface area (Å²) in [5.74, 6) is -0.266. The molecule has 0 N–H and O–H groups in total. The highest BCUT2D eigenvalue weighted by Crippen LogP contribution is 2.10. The SMILES string of the molecule is Cc1cc(F)ccc1CN=[N+]=[N-].FF. The van der Waals surface area contributed by atoms with Gasteiger partial charge in [0.2, 0.25) is 0 Å². The summed E-state index contributed by atoms with van der Waals surface area (Å²) >= 11 is 0. The molecule has 6 heteroatoms. The molecule has 0 amide bonds. The van der Waals surface area contributed by atoms with Gasteiger partial charge in [-0.2, -0.15) is 0 Å². The molecular formula is C8H8F3N3. The van der Waals surface area contributed by atoms with E-state index in [-0.39, 0.29) is 12.4 Å². The summed E-state index contributed by atoms with van der Waals surface area (Å²) < 4.78 is 28.6. The predicted molar refractivity (Wildman–Crippen MR) is 46.2 cm³/mol. The van der Waals surface area contributed by atoms with Crippen molar-refractivity contribution in [1.82, 2.24) is 0 Å². The summed E-state index contributed by atoms with van der Waals surface area (Å²) in [6.45, 7) is 2.06. The van der Waals surface area contributed by atoms with Gasteiger partial charge in [-0.15, -0.1) is 0 Å². The van der Waals surface area contributed by atoms with Crippen LogP contribution in [0.5, 0.6) is 0 Å². The Labute approximate surface area is 78.7 Å². The molecule has 0 aromatic heterocycles. The zero-order valence-electron chi connectivity index (χ0n) is 7.41. The van der Waals surface area contributed by atoms with Crippen LogP contribution in [0.15, 0.2) is 23.3 Å². The maximum absolute atomic E-state index is 12.6. The van der Waals surface area contributed by atoms with E-state index >= 15 is 0 Å². The molecule has 1 aromatic rings. The smallest absolute Gasteiger partial charge is 0.123 e. The molecule has 0 aliphatic heterocycles. The Kier molecular flexibility index (Phi) is 5.98. The number of rotatable bonds is 2. The number of aryl methyl sites for hydroxylation is 1. The van der Waals surface area contributed by atoms with Gasteiger partial charge in [-0.3, -0.25) is 0 Å². The van der Waals surface area contributed by atoms with Crippen molar-refractivity contribution in [3.8, 4) is 0 Å². The maximum atomic E-state index is 12.6. The molecule has 0 aliphatic carbocycles. The first-order valence-electron chi connectivity index (χ1n) is 3.64. The summed E-state index contributed by atoms with van der Waals surface area (Å²) in [5, 5.41) is 3.39. The highest BCUT2D eigenvalue weighted by atomic mass is 20.0. The van der Waals surface area contributed by atoms with Gasteiger partial charge in [-0.25, -0.2) is 4.39 Å². The van der Waals surface area contributed by atoms with Crippen molar-refractivity contribution in [3.05, 3.63) is 45.6 Å². The van der Waals surface area contributed by atoms with Crippen LogP contribution in [-0.2, 0) is 6.54 Å². The molecule has 0 fully saturated rings. The molecule has 0 aliphatic rings. The Balaban J connectivity index is 0.000000791. The molecule has 14 heavy (non-hydrogen) atoms. The molecule has 0 unspecified atom stereocenters. The Bertz CT molecular complexity index is 335. The van der Waals surface area contributed by atoms with Gasteiger partial charge in [-0.1, -0.05) is 11.2 Å². The van der Waals surface area contributed by atoms with Gasteiger partial charge in [0.15, 0.2) is 0 Å². The largest absolute Gasteiger partial charge is 0.207 e. The third-order valence-electron chi connectivity index (χ3n) is 1.61. The van der Waals surface area contributed by atoms with Crippen LogP contribution in [0.4, 0.5) is 13.5 Å². The molecule has 0 radical (unpaired) electrons. The summed E-state index contributed by atoms with van der Waals surface area (Å²) in [6, 6.07) is 4.40. The second kappa shape index (κ2) is 6.80. The number of azide groups is 1. The Hall–Kier alpha value is -1.68. The topological polar surface area (TPSA) is 48.8 Å². The van der Waals surface area contributed by atoms with Gasteiger partial charge < -0.3 is 0 Å². The molecule has 0 bridgehead atoms. The highest BCUT2D eigenvalue weighted by Gasteiger charge is 1.97. The molecule has 3 nitrogen and oxygen atoms in total. The minimum atomic E-state index is -0.266. The van der Waals surface area contributed by atoms with Crippen LogP contribution in [0.25, 0.3) is 10.4 Å². The standard InChI is InChI=1S/C8H8FN3.F2/c1-6-4-8(9)3-2-7(6)5-11-12-10;1-2/h2-4H,5H2,1H3;. The zero-order chi connectivity index (χ0) is 11.0. The first kappa shape index (κ1) is 12.3. The lowest BCUT2D eigenvalue weighted by Gasteiger charge is -2.00. The average Bonchev–Trinajstić information content (AvgIpc) is 2.20. The molecule has 0 saturated carbocycles. The van der Waals surface area contributed by atoms with Crippen molar-refractivity contribution in [2.45, 2.75) is 13.5 Å². The van der Waals surface area contributed by atoms with Gasteiger partial charge in [0.25, 0.3) is 0 Å². The third kappa shape index (κ3) is 3.82. The summed E-state index contributed by atoms with van der Waals surface area (Å²) in [6.07, 6.45) is 0. The monoisotopic (exact) mass is 203 g/mol. The Morgan fingerprint density at radius 3 is 2.57 bits per heavy atom. The van der Waals surface area contributed by atoms with E-state index in [4.69, 9.17) is 14.7 Å². The summed E-state index contributed by atoms with van der Waals surface area (Å²) in [7, 11) is 0. The third-order valence-corrected chi connectivity index (χ3v) is 1.61. The molecule has 1 rings (SSSR count). The van der Waals surface area contributed by atoms with Crippen molar-refractivity contribution in [1.29, 1.82) is 0 Å². The van der Waals surface area contributed by atoms with Crippen molar-refractivity contribution < 1.29 is 13.5 Å². The van der Waals surface area contributed by atoms with Gasteiger partial charge >= 0.3 is 0 Å². The maximum Gasteiger partial charge on any atom is 0.123 e. The van der Waals surface area contributed by atoms with E-state index in [1.54, 1.807) is 13.0 Å². The number of nitrogens with zero attached hydrogens (tertiary/aromatic N) is 3. The second-order valence-corrected chi connectivity index (χ2v) is 2.46. The van der Waals surface area contributed by atoms with Crippen molar-refractivity contribution in [3.63, 3.8) is 0 Å². The van der Waals surface area contributed by atoms with Crippen LogP contribution >= 0.6 is 0 Å². The molecule has 1 aromatic carbocycles. The second-order valence-electron chi connectivity index (χ2n) is 2.46. The molecule has 0 atom stereocenters. The summed E-state index contributed by atoms with van der Waals surface area (Å²) in [5.41, 5.74) is 9.72. The molecule has 0 saturated heterocycles. The van der Waals surface area contributed by atoms with Crippen LogP contribution in [0.2, 0.25) is 0 Å². The number of hydrogen-bond donors (Lipinski definition) is 0. The van der Waals surface area contributed by atoms with Crippen molar-refractivity contribution in [2.24, 2.45) is 5.11 Å². The van der Waals surface area contributed by atoms with E-state index < -0.39 is 0 Å². The molecule has 0 spiro atoms. The van der Waals surface area contributed by atoms with E-state index in [1.165, 1.54) is 12.1 Å². The van der Waals surface area contributed by atoms with Crippen LogP contribution in [0.3, 0.4) is 0 Å². The van der Waals surface area contributed by atoms with Gasteiger partial charge in [-0.05, 0) is 35.7 Å². The average molecular weight is 203 g/mol. The Morgan fingerprint density at radius 2 is 2.07 bits per heavy atom. The minimum Gasteiger partial charge on any atom is -0.207 e. The summed E-state index contributed by atoms with van der Waals surface area (Å²) in [4.78, 5) is 2.63. The number of hydrogen-bond acceptors (Lipinski definition) is 1. The van der Waals surface area contributed by atoms with Crippen molar-refractivity contribution >= 4 is 0 Å².